The summed E-state index contributed by atoms with van der Waals surface area (Å²) in [7, 11) is 0. The molecule has 0 amide bonds. The molecule has 4 rings (SSSR count). The molecule has 0 fully saturated rings. The van der Waals surface area contributed by atoms with Crippen molar-refractivity contribution >= 4 is 11.0 Å². The molecule has 0 aliphatic heterocycles. The minimum Gasteiger partial charge on any atom is -0.355 e. The van der Waals surface area contributed by atoms with E-state index in [1.54, 1.807) is 24.3 Å². The van der Waals surface area contributed by atoms with E-state index in [0.717, 1.165) is 12.4 Å². The standard InChI is InChI=1S/C16H8F4N4/c17-7-5-21-13(11(7)19)15-16(14-12(20)8(18)6-22-14)24-10-4-2-1-3-9(10)23-15/h1-6,21-22H. The highest BCUT2D eigenvalue weighted by atomic mass is 19.2. The minimum absolute atomic E-state index is 0.129. The predicted molar refractivity (Wildman–Crippen MR) is 78.9 cm³/mol. The summed E-state index contributed by atoms with van der Waals surface area (Å²) in [4.78, 5) is 13.3. The summed E-state index contributed by atoms with van der Waals surface area (Å²) in [6, 6.07) is 6.64. The highest BCUT2D eigenvalue weighted by molar-refractivity contribution is 5.84. The summed E-state index contributed by atoms with van der Waals surface area (Å²) < 4.78 is 54.7. The van der Waals surface area contributed by atoms with Gasteiger partial charge in [-0.15, -0.1) is 0 Å². The van der Waals surface area contributed by atoms with Crippen molar-refractivity contribution in [1.29, 1.82) is 0 Å². The first-order chi connectivity index (χ1) is 11.6. The second kappa shape index (κ2) is 5.19. The fraction of sp³-hybridized carbons (Fsp3) is 0. The first kappa shape index (κ1) is 14.4. The van der Waals surface area contributed by atoms with Crippen molar-refractivity contribution in [3.63, 3.8) is 0 Å². The van der Waals surface area contributed by atoms with Gasteiger partial charge < -0.3 is 9.97 Å². The number of benzene rings is 1. The summed E-state index contributed by atoms with van der Waals surface area (Å²) in [5, 5.41) is 0. The van der Waals surface area contributed by atoms with Crippen molar-refractivity contribution in [3.05, 3.63) is 59.9 Å². The van der Waals surface area contributed by atoms with Gasteiger partial charge in [0, 0.05) is 12.4 Å². The molecule has 4 nitrogen and oxygen atoms in total. The van der Waals surface area contributed by atoms with E-state index in [9.17, 15) is 17.6 Å². The molecule has 0 saturated carbocycles. The third-order valence-electron chi connectivity index (χ3n) is 3.59. The Morgan fingerprint density at radius 1 is 0.667 bits per heavy atom. The zero-order chi connectivity index (χ0) is 16.8. The molecule has 3 aromatic heterocycles. The Labute approximate surface area is 132 Å². The average Bonchev–Trinajstić information content (AvgIpc) is 3.10. The van der Waals surface area contributed by atoms with Crippen molar-refractivity contribution in [3.8, 4) is 22.8 Å². The Bertz CT molecular complexity index is 983. The molecule has 0 aliphatic rings. The van der Waals surface area contributed by atoms with E-state index >= 15 is 0 Å². The van der Waals surface area contributed by atoms with Gasteiger partial charge in [0.2, 0.25) is 0 Å². The Kier molecular flexibility index (Phi) is 3.12. The minimum atomic E-state index is -1.17. The van der Waals surface area contributed by atoms with Gasteiger partial charge in [-0.3, -0.25) is 0 Å². The van der Waals surface area contributed by atoms with Crippen molar-refractivity contribution < 1.29 is 17.6 Å². The number of hydrogen-bond donors (Lipinski definition) is 2. The van der Waals surface area contributed by atoms with Crippen LogP contribution in [0.3, 0.4) is 0 Å². The summed E-state index contributed by atoms with van der Waals surface area (Å²) >= 11 is 0. The number of para-hydroxylation sites is 2. The van der Waals surface area contributed by atoms with E-state index in [4.69, 9.17) is 0 Å². The van der Waals surface area contributed by atoms with Crippen LogP contribution in [-0.2, 0) is 0 Å². The van der Waals surface area contributed by atoms with E-state index in [1.807, 2.05) is 0 Å². The number of hydrogen-bond acceptors (Lipinski definition) is 2. The van der Waals surface area contributed by atoms with Crippen LogP contribution in [0.25, 0.3) is 33.8 Å². The van der Waals surface area contributed by atoms with Crippen LogP contribution in [-0.4, -0.2) is 19.9 Å². The second-order valence-corrected chi connectivity index (χ2v) is 5.06. The molecular formula is C16H8F4N4. The lowest BCUT2D eigenvalue weighted by Crippen LogP contribution is -1.98. The van der Waals surface area contributed by atoms with Crippen LogP contribution in [0.15, 0.2) is 36.7 Å². The lowest BCUT2D eigenvalue weighted by atomic mass is 10.1. The van der Waals surface area contributed by atoms with E-state index in [1.165, 1.54) is 0 Å². The summed E-state index contributed by atoms with van der Waals surface area (Å²) in [6.45, 7) is 0. The maximum atomic E-state index is 14.0. The molecule has 0 spiro atoms. The van der Waals surface area contributed by atoms with Crippen molar-refractivity contribution in [2.75, 3.05) is 0 Å². The molecule has 8 heteroatoms. The van der Waals surface area contributed by atoms with Gasteiger partial charge in [-0.25, -0.2) is 27.5 Å². The summed E-state index contributed by atoms with van der Waals surface area (Å²) in [5.74, 6) is -4.56. The van der Waals surface area contributed by atoms with Gasteiger partial charge >= 0.3 is 0 Å². The molecule has 1 aromatic carbocycles. The van der Waals surface area contributed by atoms with Crippen molar-refractivity contribution in [2.24, 2.45) is 0 Å². The Hall–Kier alpha value is -3.16. The van der Waals surface area contributed by atoms with Gasteiger partial charge in [-0.05, 0) is 12.1 Å². The number of fused-ring (bicyclic) bond motifs is 1. The van der Waals surface area contributed by atoms with Crippen LogP contribution >= 0.6 is 0 Å². The molecule has 2 N–H and O–H groups in total. The van der Waals surface area contributed by atoms with Crippen LogP contribution in [0.1, 0.15) is 0 Å². The van der Waals surface area contributed by atoms with E-state index in [0.29, 0.717) is 11.0 Å². The smallest absolute Gasteiger partial charge is 0.186 e. The number of aromatic nitrogens is 4. The number of nitrogens with zero attached hydrogens (tertiary/aromatic N) is 2. The summed E-state index contributed by atoms with van der Waals surface area (Å²) in [5.41, 5.74) is -0.0480. The molecule has 0 radical (unpaired) electrons. The zero-order valence-corrected chi connectivity index (χ0v) is 11.9. The second-order valence-electron chi connectivity index (χ2n) is 5.06. The SMILES string of the molecule is Fc1c[nH]c(-c2nc3ccccc3nc2-c2[nH]cc(F)c2F)c1F. The van der Waals surface area contributed by atoms with E-state index in [-0.39, 0.29) is 22.8 Å². The maximum Gasteiger partial charge on any atom is 0.186 e. The van der Waals surface area contributed by atoms with Crippen LogP contribution < -0.4 is 0 Å². The maximum absolute atomic E-state index is 14.0. The van der Waals surface area contributed by atoms with Gasteiger partial charge in [0.25, 0.3) is 0 Å². The van der Waals surface area contributed by atoms with Crippen molar-refractivity contribution in [2.45, 2.75) is 0 Å². The fourth-order valence-corrected chi connectivity index (χ4v) is 2.46. The van der Waals surface area contributed by atoms with E-state index < -0.39 is 23.3 Å². The Morgan fingerprint density at radius 3 is 1.42 bits per heavy atom. The Morgan fingerprint density at radius 2 is 1.08 bits per heavy atom. The largest absolute Gasteiger partial charge is 0.355 e. The van der Waals surface area contributed by atoms with Crippen LogP contribution in [0.2, 0.25) is 0 Å². The van der Waals surface area contributed by atoms with Crippen LogP contribution in [0.4, 0.5) is 17.6 Å². The quantitative estimate of drug-likeness (QED) is 0.541. The van der Waals surface area contributed by atoms with Gasteiger partial charge in [0.15, 0.2) is 23.3 Å². The molecule has 0 unspecified atom stereocenters. The van der Waals surface area contributed by atoms with Crippen LogP contribution in [0.5, 0.6) is 0 Å². The van der Waals surface area contributed by atoms with Crippen molar-refractivity contribution in [1.82, 2.24) is 19.9 Å². The van der Waals surface area contributed by atoms with Crippen LogP contribution in [0, 0.1) is 23.3 Å². The predicted octanol–water partition coefficient (Wildman–Crippen LogP) is 4.18. The van der Waals surface area contributed by atoms with Gasteiger partial charge in [-0.2, -0.15) is 0 Å². The molecule has 3 heterocycles. The summed E-state index contributed by atoms with van der Waals surface area (Å²) in [6.07, 6.45) is 1.63. The molecule has 120 valence electrons. The number of H-pyrrole nitrogens is 2. The number of halogens is 4. The van der Waals surface area contributed by atoms with E-state index in [2.05, 4.69) is 19.9 Å². The first-order valence-corrected chi connectivity index (χ1v) is 6.88. The van der Waals surface area contributed by atoms with Gasteiger partial charge in [-0.1, -0.05) is 12.1 Å². The van der Waals surface area contributed by atoms with Gasteiger partial charge in [0.1, 0.15) is 22.8 Å². The molecule has 0 saturated heterocycles. The molecular weight excluding hydrogens is 324 g/mol. The highest BCUT2D eigenvalue weighted by Gasteiger charge is 2.24. The number of aromatic amines is 2. The third kappa shape index (κ3) is 2.07. The third-order valence-corrected chi connectivity index (χ3v) is 3.59. The lowest BCUT2D eigenvalue weighted by molar-refractivity contribution is 0.517. The monoisotopic (exact) mass is 332 g/mol. The normalized spacial score (nSPS) is 11.3. The molecule has 0 bridgehead atoms. The molecule has 4 aromatic rings. The highest BCUT2D eigenvalue weighted by Crippen LogP contribution is 2.33. The molecule has 24 heavy (non-hydrogen) atoms. The number of rotatable bonds is 2. The molecule has 0 aliphatic carbocycles. The topological polar surface area (TPSA) is 57.4 Å². The lowest BCUT2D eigenvalue weighted by Gasteiger charge is -2.08. The fourth-order valence-electron chi connectivity index (χ4n) is 2.46. The first-order valence-electron chi connectivity index (χ1n) is 6.88. The molecule has 0 atom stereocenters. The number of nitrogens with one attached hydrogen (secondary N) is 2. The Balaban J connectivity index is 2.08. The zero-order valence-electron chi connectivity index (χ0n) is 11.9. The average molecular weight is 332 g/mol. The van der Waals surface area contributed by atoms with Gasteiger partial charge in [0.05, 0.1) is 11.0 Å².